The molecule has 2 rings (SSSR count). The first-order valence-electron chi connectivity index (χ1n) is 4.10. The van der Waals surface area contributed by atoms with E-state index >= 15 is 0 Å². The van der Waals surface area contributed by atoms with Crippen molar-refractivity contribution in [3.05, 3.63) is 23.5 Å². The van der Waals surface area contributed by atoms with Crippen LogP contribution >= 0.6 is 0 Å². The minimum Gasteiger partial charge on any atom is -0.495 e. The van der Waals surface area contributed by atoms with Gasteiger partial charge in [0.25, 0.3) is 0 Å². The summed E-state index contributed by atoms with van der Waals surface area (Å²) in [4.78, 5) is 0. The second-order valence-electron chi connectivity index (χ2n) is 3.14. The van der Waals surface area contributed by atoms with Crippen molar-refractivity contribution in [3.63, 3.8) is 0 Å². The summed E-state index contributed by atoms with van der Waals surface area (Å²) in [6, 6.07) is 0.453. The molecule has 0 aromatic heterocycles. The summed E-state index contributed by atoms with van der Waals surface area (Å²) in [5, 5.41) is 3.42. The molecule has 1 aliphatic heterocycles. The third-order valence-corrected chi connectivity index (χ3v) is 2.16. The van der Waals surface area contributed by atoms with Gasteiger partial charge in [-0.15, -0.1) is 0 Å². The first kappa shape index (κ1) is 6.92. The van der Waals surface area contributed by atoms with Crippen LogP contribution in [-0.4, -0.2) is 19.2 Å². The smallest absolute Gasteiger partial charge is 0.113 e. The van der Waals surface area contributed by atoms with Gasteiger partial charge >= 0.3 is 0 Å². The molecule has 11 heavy (non-hydrogen) atoms. The molecule has 1 heterocycles. The summed E-state index contributed by atoms with van der Waals surface area (Å²) < 4.78 is 5.48. The van der Waals surface area contributed by atoms with Crippen molar-refractivity contribution in [3.8, 4) is 0 Å². The van der Waals surface area contributed by atoms with E-state index in [0.717, 1.165) is 25.3 Å². The van der Waals surface area contributed by atoms with Crippen molar-refractivity contribution >= 4 is 0 Å². The molecule has 0 amide bonds. The zero-order valence-electron chi connectivity index (χ0n) is 6.76. The fourth-order valence-corrected chi connectivity index (χ4v) is 1.55. The Labute approximate surface area is 66.9 Å². The number of ether oxygens (including phenoxy) is 1. The molecule has 0 radical (unpaired) electrons. The molecule has 0 saturated carbocycles. The van der Waals surface area contributed by atoms with E-state index in [0.29, 0.717) is 6.04 Å². The van der Waals surface area contributed by atoms with Crippen LogP contribution in [0.15, 0.2) is 23.5 Å². The highest BCUT2D eigenvalue weighted by Crippen LogP contribution is 2.21. The van der Waals surface area contributed by atoms with Crippen molar-refractivity contribution in [2.24, 2.45) is 0 Å². The molecular formula is C9H13NO. The standard InChI is InChI=1S/C9H13NO/c1-7-2-3-9-8(6-7)10-4-5-11-9/h2-3,8,10H,4-6H2,1H3. The van der Waals surface area contributed by atoms with Crippen LogP contribution in [0.1, 0.15) is 13.3 Å². The summed E-state index contributed by atoms with van der Waals surface area (Å²) in [6.07, 6.45) is 5.32. The lowest BCUT2D eigenvalue weighted by Crippen LogP contribution is -2.40. The molecule has 0 aromatic carbocycles. The van der Waals surface area contributed by atoms with Gasteiger partial charge < -0.3 is 10.1 Å². The van der Waals surface area contributed by atoms with Gasteiger partial charge in [-0.1, -0.05) is 11.6 Å². The van der Waals surface area contributed by atoms with Crippen LogP contribution in [0.5, 0.6) is 0 Å². The first-order valence-corrected chi connectivity index (χ1v) is 4.10. The van der Waals surface area contributed by atoms with Gasteiger partial charge in [-0.05, 0) is 19.4 Å². The number of fused-ring (bicyclic) bond motifs is 1. The Balaban J connectivity index is 2.16. The first-order chi connectivity index (χ1) is 5.36. The molecule has 1 aliphatic carbocycles. The van der Waals surface area contributed by atoms with Crippen molar-refractivity contribution < 1.29 is 4.74 Å². The molecule has 1 N–H and O–H groups in total. The van der Waals surface area contributed by atoms with Gasteiger partial charge in [0.15, 0.2) is 0 Å². The molecule has 0 spiro atoms. The zero-order valence-corrected chi connectivity index (χ0v) is 6.76. The van der Waals surface area contributed by atoms with Crippen LogP contribution in [0.2, 0.25) is 0 Å². The second-order valence-corrected chi connectivity index (χ2v) is 3.14. The molecule has 60 valence electrons. The Morgan fingerprint density at radius 3 is 3.36 bits per heavy atom. The molecule has 2 nitrogen and oxygen atoms in total. The number of morpholine rings is 1. The van der Waals surface area contributed by atoms with E-state index in [2.05, 4.69) is 24.4 Å². The number of rotatable bonds is 0. The monoisotopic (exact) mass is 151 g/mol. The summed E-state index contributed by atoms with van der Waals surface area (Å²) in [5.41, 5.74) is 1.43. The van der Waals surface area contributed by atoms with Crippen molar-refractivity contribution in [1.29, 1.82) is 0 Å². The summed E-state index contributed by atoms with van der Waals surface area (Å²) in [7, 11) is 0. The van der Waals surface area contributed by atoms with Gasteiger partial charge in [-0.25, -0.2) is 0 Å². The zero-order chi connectivity index (χ0) is 7.68. The van der Waals surface area contributed by atoms with E-state index in [1.165, 1.54) is 5.57 Å². The Morgan fingerprint density at radius 1 is 1.55 bits per heavy atom. The van der Waals surface area contributed by atoms with Crippen LogP contribution in [0.4, 0.5) is 0 Å². The molecule has 1 saturated heterocycles. The maximum absolute atomic E-state index is 5.48. The third kappa shape index (κ3) is 1.31. The average molecular weight is 151 g/mol. The maximum atomic E-state index is 5.48. The maximum Gasteiger partial charge on any atom is 0.113 e. The highest BCUT2D eigenvalue weighted by Gasteiger charge is 2.21. The van der Waals surface area contributed by atoms with Crippen LogP contribution in [0.25, 0.3) is 0 Å². The minimum atomic E-state index is 0.453. The Hall–Kier alpha value is -0.760. The quantitative estimate of drug-likeness (QED) is 0.562. The normalized spacial score (nSPS) is 29.7. The molecule has 2 heteroatoms. The predicted molar refractivity (Wildman–Crippen MR) is 44.2 cm³/mol. The van der Waals surface area contributed by atoms with Crippen LogP contribution < -0.4 is 5.32 Å². The highest BCUT2D eigenvalue weighted by molar-refractivity contribution is 5.25. The second kappa shape index (κ2) is 2.70. The number of hydrogen-bond acceptors (Lipinski definition) is 2. The average Bonchev–Trinajstić information content (AvgIpc) is 2.04. The van der Waals surface area contributed by atoms with Gasteiger partial charge in [0.1, 0.15) is 12.4 Å². The topological polar surface area (TPSA) is 21.3 Å². The van der Waals surface area contributed by atoms with Crippen molar-refractivity contribution in [1.82, 2.24) is 5.32 Å². The lowest BCUT2D eigenvalue weighted by molar-refractivity contribution is 0.146. The molecule has 0 bridgehead atoms. The van der Waals surface area contributed by atoms with Gasteiger partial charge in [0.2, 0.25) is 0 Å². The van der Waals surface area contributed by atoms with Gasteiger partial charge in [-0.3, -0.25) is 0 Å². The minimum absolute atomic E-state index is 0.453. The summed E-state index contributed by atoms with van der Waals surface area (Å²) in [6.45, 7) is 3.95. The molecular weight excluding hydrogens is 138 g/mol. The fourth-order valence-electron chi connectivity index (χ4n) is 1.55. The Kier molecular flexibility index (Phi) is 1.70. The predicted octanol–water partition coefficient (Wildman–Crippen LogP) is 1.21. The van der Waals surface area contributed by atoms with Gasteiger partial charge in [0.05, 0.1) is 6.04 Å². The number of allylic oxidation sites excluding steroid dienone is 2. The fraction of sp³-hybridized carbons (Fsp3) is 0.556. The van der Waals surface area contributed by atoms with E-state index < -0.39 is 0 Å². The van der Waals surface area contributed by atoms with E-state index in [9.17, 15) is 0 Å². The van der Waals surface area contributed by atoms with Crippen LogP contribution in [0.3, 0.4) is 0 Å². The van der Waals surface area contributed by atoms with Crippen LogP contribution in [-0.2, 0) is 4.74 Å². The number of nitrogens with one attached hydrogen (secondary N) is 1. The molecule has 0 aromatic rings. The van der Waals surface area contributed by atoms with Crippen LogP contribution in [0, 0.1) is 0 Å². The molecule has 1 unspecified atom stereocenters. The largest absolute Gasteiger partial charge is 0.495 e. The Bertz CT molecular complexity index is 218. The molecule has 2 aliphatic rings. The molecule has 1 atom stereocenters. The summed E-state index contributed by atoms with van der Waals surface area (Å²) >= 11 is 0. The van der Waals surface area contributed by atoms with E-state index in [-0.39, 0.29) is 0 Å². The SMILES string of the molecule is CC1=CC=C2OCCNC2C1. The lowest BCUT2D eigenvalue weighted by Gasteiger charge is -2.29. The number of hydrogen-bond donors (Lipinski definition) is 1. The Morgan fingerprint density at radius 2 is 2.45 bits per heavy atom. The van der Waals surface area contributed by atoms with E-state index in [1.54, 1.807) is 0 Å². The highest BCUT2D eigenvalue weighted by atomic mass is 16.5. The third-order valence-electron chi connectivity index (χ3n) is 2.16. The van der Waals surface area contributed by atoms with Gasteiger partial charge in [-0.2, -0.15) is 0 Å². The van der Waals surface area contributed by atoms with E-state index in [4.69, 9.17) is 4.74 Å². The van der Waals surface area contributed by atoms with E-state index in [1.807, 2.05) is 0 Å². The van der Waals surface area contributed by atoms with Crippen molar-refractivity contribution in [2.75, 3.05) is 13.2 Å². The van der Waals surface area contributed by atoms with Gasteiger partial charge in [0, 0.05) is 6.54 Å². The molecule has 1 fully saturated rings. The van der Waals surface area contributed by atoms with Crippen molar-refractivity contribution in [2.45, 2.75) is 19.4 Å². The summed E-state index contributed by atoms with van der Waals surface area (Å²) in [5.74, 6) is 1.11. The lowest BCUT2D eigenvalue weighted by atomic mass is 9.99.